The van der Waals surface area contributed by atoms with Gasteiger partial charge in [-0.05, 0) is 51.0 Å². The average molecular weight is 391 g/mol. The number of nitrogens with one attached hydrogen (secondary N) is 2. The van der Waals surface area contributed by atoms with Crippen LogP contribution in [0.4, 0.5) is 11.4 Å². The molecule has 1 aromatic carbocycles. The van der Waals surface area contributed by atoms with E-state index in [1.54, 1.807) is 0 Å². The third-order valence-electron chi connectivity index (χ3n) is 5.70. The molecule has 1 amide bonds. The van der Waals surface area contributed by atoms with E-state index in [0.29, 0.717) is 13.2 Å². The number of likely N-dealkylation sites (tertiary alicyclic amines) is 1. The van der Waals surface area contributed by atoms with Crippen molar-refractivity contribution in [3.63, 3.8) is 0 Å². The molecular formula is C21H32N3O4+. The monoisotopic (exact) mass is 390 g/mol. The van der Waals surface area contributed by atoms with Crippen LogP contribution in [-0.2, 0) is 19.1 Å². The zero-order chi connectivity index (χ0) is 19.9. The van der Waals surface area contributed by atoms with Gasteiger partial charge in [-0.2, -0.15) is 0 Å². The molecule has 2 N–H and O–H groups in total. The topological polar surface area (TPSA) is 72.3 Å². The molecule has 0 saturated carbocycles. The van der Waals surface area contributed by atoms with Crippen LogP contribution < -0.4 is 15.1 Å². The van der Waals surface area contributed by atoms with Crippen LogP contribution in [0.15, 0.2) is 24.3 Å². The van der Waals surface area contributed by atoms with Crippen LogP contribution in [-0.4, -0.2) is 63.9 Å². The second kappa shape index (κ2) is 9.89. The van der Waals surface area contributed by atoms with Crippen LogP contribution in [0.2, 0.25) is 0 Å². The summed E-state index contributed by atoms with van der Waals surface area (Å²) in [5.41, 5.74) is 1.94. The lowest BCUT2D eigenvalue weighted by atomic mass is 9.97. The highest BCUT2D eigenvalue weighted by atomic mass is 16.5. The van der Waals surface area contributed by atoms with Crippen molar-refractivity contribution in [2.24, 2.45) is 5.92 Å². The number of quaternary nitrogens is 1. The van der Waals surface area contributed by atoms with Gasteiger partial charge in [0.2, 0.25) is 0 Å². The molecule has 2 fully saturated rings. The summed E-state index contributed by atoms with van der Waals surface area (Å²) in [4.78, 5) is 28.2. The summed E-state index contributed by atoms with van der Waals surface area (Å²) in [6.07, 6.45) is 1.78. The number of amides is 1. The first-order chi connectivity index (χ1) is 13.6. The van der Waals surface area contributed by atoms with Gasteiger partial charge in [-0.1, -0.05) is 0 Å². The second-order valence-electron chi connectivity index (χ2n) is 7.56. The Morgan fingerprint density at radius 2 is 2.00 bits per heavy atom. The van der Waals surface area contributed by atoms with E-state index >= 15 is 0 Å². The van der Waals surface area contributed by atoms with Crippen molar-refractivity contribution in [3.05, 3.63) is 24.3 Å². The minimum absolute atomic E-state index is 0.0152. The van der Waals surface area contributed by atoms with E-state index in [1.165, 1.54) is 0 Å². The van der Waals surface area contributed by atoms with E-state index in [1.807, 2.05) is 38.1 Å². The van der Waals surface area contributed by atoms with Gasteiger partial charge in [0.15, 0.2) is 6.04 Å². The summed E-state index contributed by atoms with van der Waals surface area (Å²) in [6, 6.07) is 7.76. The highest BCUT2D eigenvalue weighted by Gasteiger charge is 2.34. The number of morpholine rings is 1. The fraction of sp³-hybridized carbons (Fsp3) is 0.619. The number of carbonyl (C=O) groups excluding carboxylic acids is 2. The van der Waals surface area contributed by atoms with Gasteiger partial charge in [0.05, 0.1) is 32.9 Å². The number of hydrogen-bond donors (Lipinski definition) is 2. The van der Waals surface area contributed by atoms with Gasteiger partial charge in [0.25, 0.3) is 5.91 Å². The number of nitrogens with zero attached hydrogens (tertiary/aromatic N) is 1. The van der Waals surface area contributed by atoms with Crippen LogP contribution in [0.3, 0.4) is 0 Å². The number of benzene rings is 1. The molecule has 3 rings (SSSR count). The number of ether oxygens (including phenoxy) is 2. The van der Waals surface area contributed by atoms with Crippen LogP contribution in [0.25, 0.3) is 0 Å². The summed E-state index contributed by atoms with van der Waals surface area (Å²) >= 11 is 0. The third-order valence-corrected chi connectivity index (χ3v) is 5.70. The van der Waals surface area contributed by atoms with Crippen molar-refractivity contribution in [1.82, 2.24) is 0 Å². The molecule has 2 saturated heterocycles. The van der Waals surface area contributed by atoms with Gasteiger partial charge in [0, 0.05) is 24.5 Å². The fourth-order valence-corrected chi connectivity index (χ4v) is 3.96. The number of hydrogen-bond acceptors (Lipinski definition) is 5. The maximum Gasteiger partial charge on any atom is 0.314 e. The van der Waals surface area contributed by atoms with Crippen LogP contribution >= 0.6 is 0 Å². The van der Waals surface area contributed by atoms with Crippen molar-refractivity contribution < 1.29 is 24.0 Å². The van der Waals surface area contributed by atoms with Gasteiger partial charge < -0.3 is 24.6 Å². The molecule has 7 heteroatoms. The summed E-state index contributed by atoms with van der Waals surface area (Å²) in [5, 5.41) is 3.02. The van der Waals surface area contributed by atoms with Gasteiger partial charge in [-0.15, -0.1) is 0 Å². The maximum atomic E-state index is 12.7. The van der Waals surface area contributed by atoms with Crippen molar-refractivity contribution in [1.29, 1.82) is 0 Å². The van der Waals surface area contributed by atoms with E-state index in [9.17, 15) is 9.59 Å². The molecule has 0 aliphatic carbocycles. The minimum atomic E-state index is -0.212. The van der Waals surface area contributed by atoms with Crippen molar-refractivity contribution in [2.75, 3.05) is 56.2 Å². The maximum absolute atomic E-state index is 12.7. The molecule has 154 valence electrons. The van der Waals surface area contributed by atoms with E-state index < -0.39 is 0 Å². The predicted molar refractivity (Wildman–Crippen MR) is 108 cm³/mol. The Hall–Kier alpha value is -2.12. The van der Waals surface area contributed by atoms with E-state index in [4.69, 9.17) is 9.47 Å². The zero-order valence-corrected chi connectivity index (χ0v) is 16.9. The number of piperidine rings is 1. The Balaban J connectivity index is 1.54. The molecule has 2 aliphatic rings. The molecule has 2 heterocycles. The molecule has 0 bridgehead atoms. The van der Waals surface area contributed by atoms with Crippen LogP contribution in [0.1, 0.15) is 26.7 Å². The van der Waals surface area contributed by atoms with Crippen LogP contribution in [0, 0.1) is 5.92 Å². The van der Waals surface area contributed by atoms with Crippen LogP contribution in [0.5, 0.6) is 0 Å². The van der Waals surface area contributed by atoms with Crippen molar-refractivity contribution in [3.8, 4) is 0 Å². The first-order valence-electron chi connectivity index (χ1n) is 10.3. The third kappa shape index (κ3) is 5.23. The SMILES string of the molecule is CCOC(=O)[C@@H]1CCC[NH+]([C@@H](C)C(=O)Nc2ccc(N3CCOCC3)cc2)C1. The minimum Gasteiger partial charge on any atom is -0.466 e. The Morgan fingerprint density at radius 3 is 2.68 bits per heavy atom. The first-order valence-corrected chi connectivity index (χ1v) is 10.3. The van der Waals surface area contributed by atoms with Gasteiger partial charge in [0.1, 0.15) is 5.92 Å². The van der Waals surface area contributed by atoms with Crippen molar-refractivity contribution >= 4 is 23.3 Å². The first kappa shape index (κ1) is 20.6. The molecule has 1 unspecified atom stereocenters. The second-order valence-corrected chi connectivity index (χ2v) is 7.56. The quantitative estimate of drug-likeness (QED) is 0.700. The number of anilines is 2. The highest BCUT2D eigenvalue weighted by molar-refractivity contribution is 5.93. The standard InChI is InChI=1S/C21H31N3O4/c1-3-28-21(26)17-5-4-10-24(15-17)16(2)20(25)22-18-6-8-19(9-7-18)23-11-13-27-14-12-23/h6-9,16-17H,3-5,10-15H2,1-2H3,(H,22,25)/p+1/t16-,17+/m0/s1. The highest BCUT2D eigenvalue weighted by Crippen LogP contribution is 2.19. The predicted octanol–water partition coefficient (Wildman–Crippen LogP) is 0.708. The average Bonchev–Trinajstić information content (AvgIpc) is 2.74. The molecular weight excluding hydrogens is 358 g/mol. The van der Waals surface area contributed by atoms with Gasteiger partial charge >= 0.3 is 5.97 Å². The van der Waals surface area contributed by atoms with E-state index in [2.05, 4.69) is 10.2 Å². The number of carbonyl (C=O) groups is 2. The molecule has 0 radical (unpaired) electrons. The molecule has 7 nitrogen and oxygen atoms in total. The molecule has 0 spiro atoms. The molecule has 1 aromatic rings. The summed E-state index contributed by atoms with van der Waals surface area (Å²) < 4.78 is 10.5. The smallest absolute Gasteiger partial charge is 0.314 e. The molecule has 0 aromatic heterocycles. The van der Waals surface area contributed by atoms with E-state index in [0.717, 1.165) is 62.0 Å². The number of rotatable bonds is 6. The summed E-state index contributed by atoms with van der Waals surface area (Å²) in [5.74, 6) is -0.253. The fourth-order valence-electron chi connectivity index (χ4n) is 3.96. The normalized spacial score (nSPS) is 23.7. The van der Waals surface area contributed by atoms with Gasteiger partial charge in [-0.25, -0.2) is 0 Å². The van der Waals surface area contributed by atoms with Gasteiger partial charge in [-0.3, -0.25) is 9.59 Å². The Kier molecular flexibility index (Phi) is 7.28. The Morgan fingerprint density at radius 1 is 1.29 bits per heavy atom. The summed E-state index contributed by atoms with van der Waals surface area (Å²) in [7, 11) is 0. The van der Waals surface area contributed by atoms with Crippen molar-refractivity contribution in [2.45, 2.75) is 32.7 Å². The lowest BCUT2D eigenvalue weighted by Crippen LogP contribution is -3.18. The van der Waals surface area contributed by atoms with E-state index in [-0.39, 0.29) is 23.8 Å². The Bertz CT molecular complexity index is 658. The summed E-state index contributed by atoms with van der Waals surface area (Å²) in [6.45, 7) is 9.01. The lowest BCUT2D eigenvalue weighted by Gasteiger charge is -2.32. The number of esters is 1. The molecule has 2 aliphatic heterocycles. The largest absolute Gasteiger partial charge is 0.466 e. The molecule has 28 heavy (non-hydrogen) atoms. The lowest BCUT2D eigenvalue weighted by molar-refractivity contribution is -0.921. The Labute approximate surface area is 167 Å². The molecule has 3 atom stereocenters. The zero-order valence-electron chi connectivity index (χ0n) is 16.9.